The van der Waals surface area contributed by atoms with Gasteiger partial charge in [0.25, 0.3) is 0 Å². The molecule has 1 aromatic rings. The van der Waals surface area contributed by atoms with Gasteiger partial charge in [0, 0.05) is 18.6 Å². The van der Waals surface area contributed by atoms with Crippen LogP contribution in [0.2, 0.25) is 5.02 Å². The van der Waals surface area contributed by atoms with Gasteiger partial charge in [0.15, 0.2) is 6.10 Å². The smallest absolute Gasteiger partial charge is 0.333 e. The minimum Gasteiger partial charge on any atom is -0.496 e. The van der Waals surface area contributed by atoms with E-state index in [-0.39, 0.29) is 6.42 Å². The molecule has 0 aliphatic heterocycles. The fraction of sp³-hybridized carbons (Fsp3) is 0.364. The molecule has 0 amide bonds. The van der Waals surface area contributed by atoms with Crippen LogP contribution < -0.4 is 4.74 Å². The van der Waals surface area contributed by atoms with Crippen molar-refractivity contribution in [3.8, 4) is 5.75 Å². The number of carboxylic acids is 1. The first-order chi connectivity index (χ1) is 7.58. The van der Waals surface area contributed by atoms with Crippen LogP contribution in [0, 0.1) is 0 Å². The third kappa shape index (κ3) is 3.12. The highest BCUT2D eigenvalue weighted by Gasteiger charge is 2.19. The average molecular weight is 245 g/mol. The summed E-state index contributed by atoms with van der Waals surface area (Å²) >= 11 is 5.84. The highest BCUT2D eigenvalue weighted by molar-refractivity contribution is 6.30. The zero-order chi connectivity index (χ0) is 12.1. The van der Waals surface area contributed by atoms with E-state index in [1.54, 1.807) is 18.2 Å². The van der Waals surface area contributed by atoms with Crippen LogP contribution in [0.4, 0.5) is 0 Å². The first kappa shape index (κ1) is 12.8. The first-order valence-corrected chi connectivity index (χ1v) is 5.04. The quantitative estimate of drug-likeness (QED) is 0.861. The Kier molecular flexibility index (Phi) is 4.58. The molecule has 88 valence electrons. The highest BCUT2D eigenvalue weighted by atomic mass is 35.5. The van der Waals surface area contributed by atoms with E-state index in [9.17, 15) is 4.79 Å². The maximum atomic E-state index is 10.8. The van der Waals surface area contributed by atoms with Gasteiger partial charge in [-0.15, -0.1) is 0 Å². The fourth-order valence-corrected chi connectivity index (χ4v) is 1.57. The van der Waals surface area contributed by atoms with Crippen molar-refractivity contribution in [2.45, 2.75) is 12.5 Å². The van der Waals surface area contributed by atoms with Crippen molar-refractivity contribution in [2.24, 2.45) is 0 Å². The van der Waals surface area contributed by atoms with E-state index >= 15 is 0 Å². The molecule has 5 heteroatoms. The van der Waals surface area contributed by atoms with E-state index in [0.717, 1.165) is 0 Å². The number of methoxy groups -OCH3 is 2. The van der Waals surface area contributed by atoms with Crippen LogP contribution in [-0.2, 0) is 16.0 Å². The van der Waals surface area contributed by atoms with Gasteiger partial charge in [-0.05, 0) is 23.8 Å². The Morgan fingerprint density at radius 2 is 2.19 bits per heavy atom. The predicted octanol–water partition coefficient (Wildman–Crippen LogP) is 1.99. The van der Waals surface area contributed by atoms with Crippen LogP contribution in [0.5, 0.6) is 5.75 Å². The lowest BCUT2D eigenvalue weighted by Crippen LogP contribution is -2.25. The molecule has 1 atom stereocenters. The summed E-state index contributed by atoms with van der Waals surface area (Å²) in [5.41, 5.74) is 0.712. The molecule has 0 saturated heterocycles. The third-order valence-corrected chi connectivity index (χ3v) is 2.44. The second kappa shape index (κ2) is 5.72. The van der Waals surface area contributed by atoms with Crippen LogP contribution in [0.25, 0.3) is 0 Å². The third-order valence-electron chi connectivity index (χ3n) is 2.21. The van der Waals surface area contributed by atoms with Crippen molar-refractivity contribution in [1.29, 1.82) is 0 Å². The Hall–Kier alpha value is -1.26. The lowest BCUT2D eigenvalue weighted by molar-refractivity contribution is -0.148. The van der Waals surface area contributed by atoms with Crippen molar-refractivity contribution >= 4 is 17.6 Å². The van der Waals surface area contributed by atoms with Gasteiger partial charge in [0.1, 0.15) is 5.75 Å². The van der Waals surface area contributed by atoms with Crippen LogP contribution in [-0.4, -0.2) is 31.4 Å². The lowest BCUT2D eigenvalue weighted by atomic mass is 10.1. The maximum Gasteiger partial charge on any atom is 0.333 e. The molecule has 0 fully saturated rings. The number of hydrogen-bond donors (Lipinski definition) is 1. The van der Waals surface area contributed by atoms with E-state index in [1.165, 1.54) is 14.2 Å². The number of benzene rings is 1. The maximum absolute atomic E-state index is 10.8. The van der Waals surface area contributed by atoms with Crippen molar-refractivity contribution in [2.75, 3.05) is 14.2 Å². The molecular weight excluding hydrogens is 232 g/mol. The summed E-state index contributed by atoms with van der Waals surface area (Å²) < 4.78 is 9.98. The zero-order valence-corrected chi connectivity index (χ0v) is 9.82. The van der Waals surface area contributed by atoms with Crippen LogP contribution in [0.1, 0.15) is 5.56 Å². The molecule has 1 rings (SSSR count). The van der Waals surface area contributed by atoms with E-state index in [2.05, 4.69) is 0 Å². The Balaban J connectivity index is 2.93. The topological polar surface area (TPSA) is 55.8 Å². The number of carboxylic acid groups (broad SMARTS) is 1. The summed E-state index contributed by atoms with van der Waals surface area (Å²) in [6.07, 6.45) is -0.678. The Labute approximate surface area is 98.7 Å². The average Bonchev–Trinajstić information content (AvgIpc) is 2.25. The summed E-state index contributed by atoms with van der Waals surface area (Å²) in [6.45, 7) is 0. The number of hydrogen-bond acceptors (Lipinski definition) is 3. The molecule has 4 nitrogen and oxygen atoms in total. The van der Waals surface area contributed by atoms with E-state index in [1.807, 2.05) is 0 Å². The molecule has 1 N–H and O–H groups in total. The summed E-state index contributed by atoms with van der Waals surface area (Å²) in [6, 6.07) is 5.06. The van der Waals surface area contributed by atoms with Crippen LogP contribution in [0.15, 0.2) is 18.2 Å². The van der Waals surface area contributed by atoms with Gasteiger partial charge in [0.2, 0.25) is 0 Å². The molecule has 0 aromatic heterocycles. The number of ether oxygens (including phenoxy) is 2. The summed E-state index contributed by atoms with van der Waals surface area (Å²) in [5, 5.41) is 9.41. The number of rotatable bonds is 5. The van der Waals surface area contributed by atoms with E-state index < -0.39 is 12.1 Å². The molecule has 0 aliphatic rings. The molecule has 0 bridgehead atoms. The van der Waals surface area contributed by atoms with Crippen LogP contribution >= 0.6 is 11.6 Å². The van der Waals surface area contributed by atoms with Crippen molar-refractivity contribution in [1.82, 2.24) is 0 Å². The van der Waals surface area contributed by atoms with Gasteiger partial charge in [-0.1, -0.05) is 11.6 Å². The predicted molar refractivity (Wildman–Crippen MR) is 60.1 cm³/mol. The Morgan fingerprint density at radius 1 is 1.50 bits per heavy atom. The Bertz CT molecular complexity index is 378. The lowest BCUT2D eigenvalue weighted by Gasteiger charge is -2.13. The number of halogens is 1. The molecule has 0 radical (unpaired) electrons. The molecule has 0 spiro atoms. The standard InChI is InChI=1S/C11H13ClO4/c1-15-9-4-3-8(12)5-7(9)6-10(16-2)11(13)14/h3-5,10H,6H2,1-2H3,(H,13,14). The summed E-state index contributed by atoms with van der Waals surface area (Å²) in [7, 11) is 2.88. The molecule has 1 aromatic carbocycles. The Morgan fingerprint density at radius 3 is 2.69 bits per heavy atom. The van der Waals surface area contributed by atoms with Crippen LogP contribution in [0.3, 0.4) is 0 Å². The van der Waals surface area contributed by atoms with Gasteiger partial charge in [0.05, 0.1) is 7.11 Å². The van der Waals surface area contributed by atoms with Crippen molar-refractivity contribution < 1.29 is 19.4 Å². The zero-order valence-electron chi connectivity index (χ0n) is 9.07. The van der Waals surface area contributed by atoms with Gasteiger partial charge in [-0.25, -0.2) is 4.79 Å². The SMILES string of the molecule is COc1ccc(Cl)cc1CC(OC)C(=O)O. The molecule has 0 heterocycles. The highest BCUT2D eigenvalue weighted by Crippen LogP contribution is 2.24. The van der Waals surface area contributed by atoms with Gasteiger partial charge >= 0.3 is 5.97 Å². The largest absolute Gasteiger partial charge is 0.496 e. The van der Waals surface area contributed by atoms with E-state index in [4.69, 9.17) is 26.2 Å². The second-order valence-electron chi connectivity index (χ2n) is 3.22. The molecule has 0 saturated carbocycles. The molecule has 1 unspecified atom stereocenters. The monoisotopic (exact) mass is 244 g/mol. The molecular formula is C11H13ClO4. The minimum atomic E-state index is -1.01. The first-order valence-electron chi connectivity index (χ1n) is 4.66. The summed E-state index contributed by atoms with van der Waals surface area (Å²) in [5.74, 6) is -0.405. The molecule has 16 heavy (non-hydrogen) atoms. The normalized spacial score (nSPS) is 12.2. The van der Waals surface area contributed by atoms with E-state index in [0.29, 0.717) is 16.3 Å². The number of aliphatic carboxylic acids is 1. The van der Waals surface area contributed by atoms with Crippen molar-refractivity contribution in [3.05, 3.63) is 28.8 Å². The summed E-state index contributed by atoms with van der Waals surface area (Å²) in [4.78, 5) is 10.8. The fourth-order valence-electron chi connectivity index (χ4n) is 1.38. The van der Waals surface area contributed by atoms with Crippen molar-refractivity contribution in [3.63, 3.8) is 0 Å². The van der Waals surface area contributed by atoms with Gasteiger partial charge in [-0.3, -0.25) is 0 Å². The van der Waals surface area contributed by atoms with Gasteiger partial charge < -0.3 is 14.6 Å². The molecule has 0 aliphatic carbocycles. The minimum absolute atomic E-state index is 0.218. The second-order valence-corrected chi connectivity index (χ2v) is 3.66. The van der Waals surface area contributed by atoms with Gasteiger partial charge in [-0.2, -0.15) is 0 Å². The number of carbonyl (C=O) groups is 1.